The van der Waals surface area contributed by atoms with Gasteiger partial charge >= 0.3 is 0 Å². The van der Waals surface area contributed by atoms with Gasteiger partial charge in [-0.1, -0.05) is 12.8 Å². The maximum atomic E-state index is 3.74. The van der Waals surface area contributed by atoms with Gasteiger partial charge in [-0.25, -0.2) is 0 Å². The van der Waals surface area contributed by atoms with Crippen molar-refractivity contribution in [3.63, 3.8) is 0 Å². The van der Waals surface area contributed by atoms with E-state index in [0.717, 1.165) is 17.9 Å². The lowest BCUT2D eigenvalue weighted by atomic mass is 9.78. The van der Waals surface area contributed by atoms with Crippen molar-refractivity contribution in [2.75, 3.05) is 6.54 Å². The fourth-order valence-electron chi connectivity index (χ4n) is 3.08. The predicted octanol–water partition coefficient (Wildman–Crippen LogP) is 4.08. The Morgan fingerprint density at radius 3 is 2.71 bits per heavy atom. The lowest BCUT2D eigenvalue weighted by Crippen LogP contribution is -2.30. The molecule has 1 aromatic rings. The standard InChI is InChI=1S/C15H23NS/c1-11-6-9-15(17-11)14-5-3-2-4-12(14)10-16-13-7-8-13/h6,9,12-14,16H,2-5,7-8,10H2,1H3. The van der Waals surface area contributed by atoms with Crippen LogP contribution >= 0.6 is 11.3 Å². The minimum absolute atomic E-state index is 0.841. The Balaban J connectivity index is 1.65. The molecule has 1 heterocycles. The van der Waals surface area contributed by atoms with E-state index in [9.17, 15) is 0 Å². The second-order valence-corrected chi connectivity index (χ2v) is 7.10. The van der Waals surface area contributed by atoms with Crippen molar-refractivity contribution in [2.24, 2.45) is 5.92 Å². The third kappa shape index (κ3) is 2.92. The summed E-state index contributed by atoms with van der Waals surface area (Å²) in [6.07, 6.45) is 8.54. The largest absolute Gasteiger partial charge is 0.314 e. The van der Waals surface area contributed by atoms with E-state index in [1.165, 1.54) is 49.9 Å². The molecule has 17 heavy (non-hydrogen) atoms. The highest BCUT2D eigenvalue weighted by Gasteiger charge is 2.29. The van der Waals surface area contributed by atoms with Crippen molar-refractivity contribution >= 4 is 11.3 Å². The summed E-state index contributed by atoms with van der Waals surface area (Å²) in [6, 6.07) is 5.53. The molecule has 0 bridgehead atoms. The van der Waals surface area contributed by atoms with E-state index in [1.807, 2.05) is 11.3 Å². The molecule has 0 aromatic carbocycles. The second-order valence-electron chi connectivity index (χ2n) is 5.78. The van der Waals surface area contributed by atoms with Crippen LogP contribution in [-0.2, 0) is 0 Å². The van der Waals surface area contributed by atoms with Gasteiger partial charge in [0.05, 0.1) is 0 Å². The third-order valence-corrected chi connectivity index (χ3v) is 5.41. The van der Waals surface area contributed by atoms with Crippen LogP contribution in [0.5, 0.6) is 0 Å². The van der Waals surface area contributed by atoms with Crippen LogP contribution in [0, 0.1) is 12.8 Å². The fraction of sp³-hybridized carbons (Fsp3) is 0.733. The molecule has 2 heteroatoms. The molecule has 0 aliphatic heterocycles. The average molecular weight is 249 g/mol. The summed E-state index contributed by atoms with van der Waals surface area (Å²) >= 11 is 2.02. The molecule has 94 valence electrons. The van der Waals surface area contributed by atoms with Crippen LogP contribution in [0.4, 0.5) is 0 Å². The van der Waals surface area contributed by atoms with E-state index in [2.05, 4.69) is 24.4 Å². The molecule has 0 spiro atoms. The average Bonchev–Trinajstić information content (AvgIpc) is 3.08. The quantitative estimate of drug-likeness (QED) is 0.847. The van der Waals surface area contributed by atoms with Crippen molar-refractivity contribution < 1.29 is 0 Å². The lowest BCUT2D eigenvalue weighted by Gasteiger charge is -2.31. The van der Waals surface area contributed by atoms with Crippen molar-refractivity contribution in [3.05, 3.63) is 21.9 Å². The molecule has 2 unspecified atom stereocenters. The molecule has 3 rings (SSSR count). The molecule has 0 amide bonds. The molecular formula is C15H23NS. The summed E-state index contributed by atoms with van der Waals surface area (Å²) in [6.45, 7) is 3.49. The SMILES string of the molecule is Cc1ccc(C2CCCCC2CNC2CC2)s1. The van der Waals surface area contributed by atoms with E-state index >= 15 is 0 Å². The second kappa shape index (κ2) is 5.11. The molecule has 1 N–H and O–H groups in total. The van der Waals surface area contributed by atoms with Crippen LogP contribution in [-0.4, -0.2) is 12.6 Å². The van der Waals surface area contributed by atoms with Crippen LogP contribution in [0.1, 0.15) is 54.2 Å². The zero-order valence-electron chi connectivity index (χ0n) is 10.7. The topological polar surface area (TPSA) is 12.0 Å². The van der Waals surface area contributed by atoms with Crippen LogP contribution in [0.3, 0.4) is 0 Å². The third-order valence-electron chi connectivity index (χ3n) is 4.28. The highest BCUT2D eigenvalue weighted by Crippen LogP contribution is 2.40. The molecular weight excluding hydrogens is 226 g/mol. The van der Waals surface area contributed by atoms with Gasteiger partial charge in [-0.15, -0.1) is 11.3 Å². The van der Waals surface area contributed by atoms with Gasteiger partial charge in [0.25, 0.3) is 0 Å². The Morgan fingerprint density at radius 1 is 1.18 bits per heavy atom. The molecule has 2 aliphatic carbocycles. The van der Waals surface area contributed by atoms with Gasteiger partial charge in [-0.3, -0.25) is 0 Å². The first-order valence-corrected chi connectivity index (χ1v) is 7.94. The van der Waals surface area contributed by atoms with Crippen molar-refractivity contribution in [2.45, 2.75) is 57.4 Å². The maximum absolute atomic E-state index is 3.74. The molecule has 2 saturated carbocycles. The molecule has 1 nitrogen and oxygen atoms in total. The number of thiophene rings is 1. The first-order chi connectivity index (χ1) is 8.33. The van der Waals surface area contributed by atoms with Crippen LogP contribution in [0.25, 0.3) is 0 Å². The summed E-state index contributed by atoms with van der Waals surface area (Å²) in [4.78, 5) is 3.12. The summed E-state index contributed by atoms with van der Waals surface area (Å²) in [7, 11) is 0. The Hall–Kier alpha value is -0.340. The zero-order chi connectivity index (χ0) is 11.7. The van der Waals surface area contributed by atoms with Gasteiger partial charge in [0.1, 0.15) is 0 Å². The number of nitrogens with one attached hydrogen (secondary N) is 1. The minimum atomic E-state index is 0.841. The van der Waals surface area contributed by atoms with Crippen LogP contribution < -0.4 is 5.32 Å². The fourth-order valence-corrected chi connectivity index (χ4v) is 4.19. The van der Waals surface area contributed by atoms with Gasteiger partial charge < -0.3 is 5.32 Å². The molecule has 1 aromatic heterocycles. The summed E-state index contributed by atoms with van der Waals surface area (Å²) in [5.74, 6) is 1.73. The molecule has 0 saturated heterocycles. The Morgan fingerprint density at radius 2 is 2.00 bits per heavy atom. The van der Waals surface area contributed by atoms with Gasteiger partial charge in [-0.05, 0) is 63.1 Å². The normalized spacial score (nSPS) is 29.5. The number of hydrogen-bond donors (Lipinski definition) is 1. The smallest absolute Gasteiger partial charge is 0.00822 e. The van der Waals surface area contributed by atoms with E-state index in [4.69, 9.17) is 0 Å². The zero-order valence-corrected chi connectivity index (χ0v) is 11.6. The summed E-state index contributed by atoms with van der Waals surface area (Å²) in [5, 5.41) is 3.74. The first-order valence-electron chi connectivity index (χ1n) is 7.12. The Bertz CT molecular complexity index is 367. The lowest BCUT2D eigenvalue weighted by molar-refractivity contribution is 0.298. The van der Waals surface area contributed by atoms with Gasteiger partial charge in [0.15, 0.2) is 0 Å². The van der Waals surface area contributed by atoms with Crippen molar-refractivity contribution in [1.82, 2.24) is 5.32 Å². The predicted molar refractivity (Wildman–Crippen MR) is 74.8 cm³/mol. The molecule has 2 atom stereocenters. The van der Waals surface area contributed by atoms with Crippen LogP contribution in [0.2, 0.25) is 0 Å². The van der Waals surface area contributed by atoms with Crippen molar-refractivity contribution in [3.8, 4) is 0 Å². The highest BCUT2D eigenvalue weighted by molar-refractivity contribution is 7.12. The maximum Gasteiger partial charge on any atom is 0.00822 e. The Kier molecular flexibility index (Phi) is 3.53. The highest BCUT2D eigenvalue weighted by atomic mass is 32.1. The van der Waals surface area contributed by atoms with E-state index in [-0.39, 0.29) is 0 Å². The number of rotatable bonds is 4. The van der Waals surface area contributed by atoms with E-state index < -0.39 is 0 Å². The molecule has 2 fully saturated rings. The summed E-state index contributed by atoms with van der Waals surface area (Å²) < 4.78 is 0. The van der Waals surface area contributed by atoms with E-state index in [0.29, 0.717) is 0 Å². The van der Waals surface area contributed by atoms with Crippen LogP contribution in [0.15, 0.2) is 12.1 Å². The van der Waals surface area contributed by atoms with Gasteiger partial charge in [-0.2, -0.15) is 0 Å². The molecule has 0 radical (unpaired) electrons. The first kappa shape index (κ1) is 11.7. The van der Waals surface area contributed by atoms with E-state index in [1.54, 1.807) is 4.88 Å². The number of hydrogen-bond acceptors (Lipinski definition) is 2. The summed E-state index contributed by atoms with van der Waals surface area (Å²) in [5.41, 5.74) is 0. The van der Waals surface area contributed by atoms with Crippen molar-refractivity contribution in [1.29, 1.82) is 0 Å². The minimum Gasteiger partial charge on any atom is -0.314 e. The number of aryl methyl sites for hydroxylation is 1. The van der Waals surface area contributed by atoms with Gasteiger partial charge in [0, 0.05) is 15.8 Å². The van der Waals surface area contributed by atoms with Gasteiger partial charge in [0.2, 0.25) is 0 Å². The molecule has 2 aliphatic rings. The monoisotopic (exact) mass is 249 g/mol. The Labute approximate surface area is 109 Å².